The van der Waals surface area contributed by atoms with Gasteiger partial charge in [-0.25, -0.2) is 0 Å². The molecule has 0 aliphatic rings. The quantitative estimate of drug-likeness (QED) is 0.672. The van der Waals surface area contributed by atoms with Crippen molar-refractivity contribution in [1.29, 1.82) is 0 Å². The molecule has 0 spiro atoms. The van der Waals surface area contributed by atoms with Gasteiger partial charge >= 0.3 is 0 Å². The van der Waals surface area contributed by atoms with Gasteiger partial charge < -0.3 is 0 Å². The molecular weight excluding hydrogens is 224 g/mol. The Labute approximate surface area is 108 Å². The van der Waals surface area contributed by atoms with Crippen molar-refractivity contribution in [2.75, 3.05) is 0 Å². The first kappa shape index (κ1) is 12.3. The van der Waals surface area contributed by atoms with Crippen molar-refractivity contribution in [3.05, 3.63) is 65.7 Å². The van der Waals surface area contributed by atoms with Gasteiger partial charge in [-0.15, -0.1) is 11.8 Å². The Morgan fingerprint density at radius 1 is 0.941 bits per heavy atom. The van der Waals surface area contributed by atoms with E-state index >= 15 is 0 Å². The third-order valence-corrected chi connectivity index (χ3v) is 3.84. The Hall–Kier alpha value is -1.21. The van der Waals surface area contributed by atoms with Crippen LogP contribution >= 0.6 is 11.8 Å². The Balaban J connectivity index is 2.02. The van der Waals surface area contributed by atoms with Gasteiger partial charge in [0.25, 0.3) is 0 Å². The van der Waals surface area contributed by atoms with Gasteiger partial charge in [0.2, 0.25) is 0 Å². The SMILES string of the molecule is CC(C)c1cccc(SCc2ccccc2)c1. The summed E-state index contributed by atoms with van der Waals surface area (Å²) in [4.78, 5) is 1.36. The summed E-state index contributed by atoms with van der Waals surface area (Å²) in [7, 11) is 0. The van der Waals surface area contributed by atoms with Crippen LogP contribution in [-0.2, 0) is 5.75 Å². The Kier molecular flexibility index (Phi) is 4.27. The molecule has 0 amide bonds. The minimum Gasteiger partial charge on any atom is -0.121 e. The Morgan fingerprint density at radius 2 is 1.71 bits per heavy atom. The average Bonchev–Trinajstić information content (AvgIpc) is 2.38. The van der Waals surface area contributed by atoms with Gasteiger partial charge in [0.05, 0.1) is 0 Å². The van der Waals surface area contributed by atoms with Gasteiger partial charge in [0, 0.05) is 10.6 Å². The Bertz CT molecular complexity index is 460. The number of rotatable bonds is 4. The number of hydrogen-bond donors (Lipinski definition) is 0. The molecule has 0 N–H and O–H groups in total. The zero-order valence-electron chi connectivity index (χ0n) is 10.4. The molecule has 0 aliphatic heterocycles. The molecule has 0 saturated carbocycles. The molecule has 0 aromatic heterocycles. The van der Waals surface area contributed by atoms with Crippen molar-refractivity contribution >= 4 is 11.8 Å². The van der Waals surface area contributed by atoms with Crippen LogP contribution in [0.1, 0.15) is 30.9 Å². The van der Waals surface area contributed by atoms with Gasteiger partial charge in [-0.05, 0) is 29.2 Å². The lowest BCUT2D eigenvalue weighted by Crippen LogP contribution is -1.87. The van der Waals surface area contributed by atoms with E-state index in [1.807, 2.05) is 11.8 Å². The van der Waals surface area contributed by atoms with Crippen LogP contribution in [0.15, 0.2) is 59.5 Å². The molecule has 0 saturated heterocycles. The zero-order chi connectivity index (χ0) is 12.1. The Morgan fingerprint density at radius 3 is 2.41 bits per heavy atom. The van der Waals surface area contributed by atoms with Crippen LogP contribution in [0.25, 0.3) is 0 Å². The van der Waals surface area contributed by atoms with Crippen molar-refractivity contribution in [3.8, 4) is 0 Å². The van der Waals surface area contributed by atoms with Gasteiger partial charge in [0.1, 0.15) is 0 Å². The minimum absolute atomic E-state index is 0.604. The first-order valence-corrected chi connectivity index (χ1v) is 7.01. The highest BCUT2D eigenvalue weighted by Gasteiger charge is 2.01. The number of benzene rings is 2. The molecule has 1 heteroatoms. The molecule has 0 bridgehead atoms. The van der Waals surface area contributed by atoms with Crippen molar-refractivity contribution < 1.29 is 0 Å². The highest BCUT2D eigenvalue weighted by atomic mass is 32.2. The highest BCUT2D eigenvalue weighted by molar-refractivity contribution is 7.98. The summed E-state index contributed by atoms with van der Waals surface area (Å²) >= 11 is 1.91. The van der Waals surface area contributed by atoms with E-state index < -0.39 is 0 Å². The van der Waals surface area contributed by atoms with E-state index in [2.05, 4.69) is 68.4 Å². The highest BCUT2D eigenvalue weighted by Crippen LogP contribution is 2.25. The fourth-order valence-corrected chi connectivity index (χ4v) is 2.62. The topological polar surface area (TPSA) is 0 Å². The molecule has 0 unspecified atom stereocenters. The third kappa shape index (κ3) is 3.64. The summed E-state index contributed by atoms with van der Waals surface area (Å²) in [6.07, 6.45) is 0. The molecule has 0 fully saturated rings. The van der Waals surface area contributed by atoms with Crippen molar-refractivity contribution in [1.82, 2.24) is 0 Å². The number of thioether (sulfide) groups is 1. The maximum atomic E-state index is 2.30. The standard InChI is InChI=1S/C16H18S/c1-13(2)15-9-6-10-16(11-15)17-12-14-7-4-3-5-8-14/h3-11,13H,12H2,1-2H3. The smallest absolute Gasteiger partial charge is 0.0231 e. The maximum absolute atomic E-state index is 2.30. The van der Waals surface area contributed by atoms with Gasteiger partial charge in [0.15, 0.2) is 0 Å². The second kappa shape index (κ2) is 5.92. The van der Waals surface area contributed by atoms with E-state index in [-0.39, 0.29) is 0 Å². The van der Waals surface area contributed by atoms with Crippen LogP contribution in [0.4, 0.5) is 0 Å². The van der Waals surface area contributed by atoms with Crippen LogP contribution in [0.3, 0.4) is 0 Å². The van der Waals surface area contributed by atoms with E-state index in [0.29, 0.717) is 5.92 Å². The fraction of sp³-hybridized carbons (Fsp3) is 0.250. The second-order valence-corrected chi connectivity index (χ2v) is 5.55. The van der Waals surface area contributed by atoms with Crippen molar-refractivity contribution in [2.24, 2.45) is 0 Å². The fourth-order valence-electron chi connectivity index (χ4n) is 1.70. The minimum atomic E-state index is 0.604. The lowest BCUT2D eigenvalue weighted by molar-refractivity contribution is 0.862. The largest absolute Gasteiger partial charge is 0.121 e. The first-order chi connectivity index (χ1) is 8.25. The lowest BCUT2D eigenvalue weighted by Gasteiger charge is -2.07. The molecule has 17 heavy (non-hydrogen) atoms. The van der Waals surface area contributed by atoms with Crippen LogP contribution in [-0.4, -0.2) is 0 Å². The zero-order valence-corrected chi connectivity index (χ0v) is 11.2. The summed E-state index contributed by atoms with van der Waals surface area (Å²) < 4.78 is 0. The molecule has 0 heterocycles. The predicted molar refractivity (Wildman–Crippen MR) is 76.5 cm³/mol. The van der Waals surface area contributed by atoms with Crippen molar-refractivity contribution in [3.63, 3.8) is 0 Å². The van der Waals surface area contributed by atoms with Gasteiger partial charge in [-0.2, -0.15) is 0 Å². The summed E-state index contributed by atoms with van der Waals surface area (Å²) in [5.41, 5.74) is 2.80. The molecule has 88 valence electrons. The van der Waals surface area contributed by atoms with Gasteiger partial charge in [-0.3, -0.25) is 0 Å². The molecule has 2 aromatic carbocycles. The average molecular weight is 242 g/mol. The molecule has 0 nitrogen and oxygen atoms in total. The maximum Gasteiger partial charge on any atom is 0.0231 e. The summed E-state index contributed by atoms with van der Waals surface area (Å²) in [6, 6.07) is 19.5. The third-order valence-electron chi connectivity index (χ3n) is 2.77. The normalized spacial score (nSPS) is 10.8. The summed E-state index contributed by atoms with van der Waals surface area (Å²) in [5, 5.41) is 0. The van der Waals surface area contributed by atoms with E-state index in [9.17, 15) is 0 Å². The van der Waals surface area contributed by atoms with E-state index in [1.165, 1.54) is 16.0 Å². The summed E-state index contributed by atoms with van der Waals surface area (Å²) in [5.74, 6) is 1.65. The van der Waals surface area contributed by atoms with Crippen LogP contribution in [0.2, 0.25) is 0 Å². The number of hydrogen-bond acceptors (Lipinski definition) is 1. The van der Waals surface area contributed by atoms with E-state index in [0.717, 1.165) is 5.75 Å². The van der Waals surface area contributed by atoms with Crippen LogP contribution in [0.5, 0.6) is 0 Å². The van der Waals surface area contributed by atoms with Crippen LogP contribution < -0.4 is 0 Å². The lowest BCUT2D eigenvalue weighted by atomic mass is 10.0. The first-order valence-electron chi connectivity index (χ1n) is 6.02. The van der Waals surface area contributed by atoms with Crippen molar-refractivity contribution in [2.45, 2.75) is 30.4 Å². The second-order valence-electron chi connectivity index (χ2n) is 4.50. The van der Waals surface area contributed by atoms with Gasteiger partial charge in [-0.1, -0.05) is 56.3 Å². The van der Waals surface area contributed by atoms with E-state index in [4.69, 9.17) is 0 Å². The molecule has 0 aliphatic carbocycles. The predicted octanol–water partition coefficient (Wildman–Crippen LogP) is 5.10. The molecule has 2 rings (SSSR count). The summed E-state index contributed by atoms with van der Waals surface area (Å²) in [6.45, 7) is 4.47. The molecule has 0 radical (unpaired) electrons. The molecule has 0 atom stereocenters. The molecular formula is C16H18S. The monoisotopic (exact) mass is 242 g/mol. The molecule has 2 aromatic rings. The van der Waals surface area contributed by atoms with E-state index in [1.54, 1.807) is 0 Å². The van der Waals surface area contributed by atoms with Crippen LogP contribution in [0, 0.1) is 0 Å².